The van der Waals surface area contributed by atoms with E-state index in [2.05, 4.69) is 16.5 Å². The summed E-state index contributed by atoms with van der Waals surface area (Å²) in [6.07, 6.45) is 2.99. The smallest absolute Gasteiger partial charge is 0.0958 e. The number of fused-ring (bicyclic) bond motifs is 1. The summed E-state index contributed by atoms with van der Waals surface area (Å²) >= 11 is 0. The van der Waals surface area contributed by atoms with Gasteiger partial charge >= 0.3 is 0 Å². The van der Waals surface area contributed by atoms with E-state index in [1.165, 1.54) is 0 Å². The van der Waals surface area contributed by atoms with Gasteiger partial charge in [0.2, 0.25) is 0 Å². The van der Waals surface area contributed by atoms with Gasteiger partial charge in [-0.3, -0.25) is 0 Å². The van der Waals surface area contributed by atoms with Gasteiger partial charge in [0.05, 0.1) is 17.4 Å². The van der Waals surface area contributed by atoms with Crippen LogP contribution in [0.15, 0.2) is 24.5 Å². The van der Waals surface area contributed by atoms with Gasteiger partial charge < -0.3 is 10.3 Å². The second-order valence-electron chi connectivity index (χ2n) is 3.19. The Morgan fingerprint density at radius 3 is 2.93 bits per heavy atom. The van der Waals surface area contributed by atoms with Crippen molar-refractivity contribution < 1.29 is 0 Å². The third-order valence-electron chi connectivity index (χ3n) is 2.11. The number of benzene rings is 1. The van der Waals surface area contributed by atoms with Crippen LogP contribution in [0.5, 0.6) is 0 Å². The predicted molar refractivity (Wildman–Crippen MR) is 61.7 cm³/mol. The highest BCUT2D eigenvalue weighted by atomic mass is 35.5. The topological polar surface area (TPSA) is 43.8 Å². The van der Waals surface area contributed by atoms with Gasteiger partial charge in [0, 0.05) is 12.2 Å². The molecule has 0 aliphatic rings. The first-order chi connectivity index (χ1) is 6.31. The van der Waals surface area contributed by atoms with Crippen LogP contribution in [0.1, 0.15) is 13.3 Å². The number of hydrogen-bond acceptors (Lipinski definition) is 2. The number of hydrogen-bond donors (Lipinski definition) is 1. The Hall–Kier alpha value is -1.22. The second-order valence-corrected chi connectivity index (χ2v) is 3.19. The van der Waals surface area contributed by atoms with Crippen LogP contribution in [0, 0.1) is 0 Å². The fraction of sp³-hybridized carbons (Fsp3) is 0.300. The molecule has 3 nitrogen and oxygen atoms in total. The summed E-state index contributed by atoms with van der Waals surface area (Å²) in [6, 6.07) is 5.84. The van der Waals surface area contributed by atoms with Crippen LogP contribution in [0.4, 0.5) is 5.69 Å². The van der Waals surface area contributed by atoms with Gasteiger partial charge in [-0.25, -0.2) is 4.98 Å². The molecule has 0 radical (unpaired) electrons. The molecule has 2 rings (SSSR count). The molecule has 0 aliphatic carbocycles. The Labute approximate surface area is 89.3 Å². The number of nitrogens with two attached hydrogens (primary N) is 1. The van der Waals surface area contributed by atoms with E-state index in [4.69, 9.17) is 5.73 Å². The third kappa shape index (κ3) is 1.82. The number of aromatic nitrogens is 2. The Morgan fingerprint density at radius 2 is 2.21 bits per heavy atom. The Bertz CT molecular complexity index is 422. The SMILES string of the molecule is CCCn1cnc2cc(N)ccc21.Cl. The molecule has 14 heavy (non-hydrogen) atoms. The Kier molecular flexibility index (Phi) is 3.36. The van der Waals surface area contributed by atoms with Crippen LogP contribution in [0.3, 0.4) is 0 Å². The first-order valence-electron chi connectivity index (χ1n) is 4.51. The molecule has 0 saturated heterocycles. The van der Waals surface area contributed by atoms with E-state index < -0.39 is 0 Å². The zero-order chi connectivity index (χ0) is 9.26. The summed E-state index contributed by atoms with van der Waals surface area (Å²) in [4.78, 5) is 4.28. The summed E-state index contributed by atoms with van der Waals surface area (Å²) in [6.45, 7) is 3.17. The normalized spacial score (nSPS) is 10.1. The fourth-order valence-electron chi connectivity index (χ4n) is 1.50. The highest BCUT2D eigenvalue weighted by Crippen LogP contribution is 2.15. The lowest BCUT2D eigenvalue weighted by Gasteiger charge is -2.00. The quantitative estimate of drug-likeness (QED) is 0.776. The summed E-state index contributed by atoms with van der Waals surface area (Å²) in [7, 11) is 0. The molecular formula is C10H14ClN3. The van der Waals surface area contributed by atoms with E-state index in [-0.39, 0.29) is 12.4 Å². The minimum Gasteiger partial charge on any atom is -0.399 e. The van der Waals surface area contributed by atoms with Crippen molar-refractivity contribution in [2.45, 2.75) is 19.9 Å². The number of halogens is 1. The molecule has 1 aromatic heterocycles. The van der Waals surface area contributed by atoms with E-state index in [1.807, 2.05) is 24.5 Å². The molecule has 0 amide bonds. The van der Waals surface area contributed by atoms with E-state index in [0.717, 1.165) is 29.7 Å². The Balaban J connectivity index is 0.000000980. The number of rotatable bonds is 2. The second kappa shape index (κ2) is 4.33. The molecule has 0 unspecified atom stereocenters. The standard InChI is InChI=1S/C10H13N3.ClH/c1-2-5-13-7-12-9-6-8(11)3-4-10(9)13;/h3-4,6-7H,2,5,11H2,1H3;1H. The molecule has 0 bridgehead atoms. The number of aryl methyl sites for hydroxylation is 1. The van der Waals surface area contributed by atoms with Crippen LogP contribution in [-0.4, -0.2) is 9.55 Å². The molecule has 1 heterocycles. The predicted octanol–water partition coefficient (Wildman–Crippen LogP) is 2.45. The third-order valence-corrected chi connectivity index (χ3v) is 2.11. The van der Waals surface area contributed by atoms with E-state index in [0.29, 0.717) is 0 Å². The molecule has 0 atom stereocenters. The van der Waals surface area contributed by atoms with Gasteiger partial charge in [-0.1, -0.05) is 6.92 Å². The molecule has 2 N–H and O–H groups in total. The lowest BCUT2D eigenvalue weighted by Crippen LogP contribution is -1.93. The van der Waals surface area contributed by atoms with Gasteiger partial charge in [-0.15, -0.1) is 12.4 Å². The maximum Gasteiger partial charge on any atom is 0.0958 e. The van der Waals surface area contributed by atoms with Crippen molar-refractivity contribution in [2.75, 3.05) is 5.73 Å². The highest BCUT2D eigenvalue weighted by Gasteiger charge is 2.00. The van der Waals surface area contributed by atoms with Crippen LogP contribution in [0.2, 0.25) is 0 Å². The van der Waals surface area contributed by atoms with Gasteiger partial charge in [-0.05, 0) is 24.6 Å². The molecule has 0 spiro atoms. The fourth-order valence-corrected chi connectivity index (χ4v) is 1.50. The first kappa shape index (κ1) is 10.9. The van der Waals surface area contributed by atoms with Crippen molar-refractivity contribution in [2.24, 2.45) is 0 Å². The zero-order valence-electron chi connectivity index (χ0n) is 8.10. The minimum atomic E-state index is 0. The number of nitrogen functional groups attached to an aromatic ring is 1. The molecular weight excluding hydrogens is 198 g/mol. The largest absolute Gasteiger partial charge is 0.399 e. The van der Waals surface area contributed by atoms with Gasteiger partial charge in [-0.2, -0.15) is 0 Å². The number of imidazole rings is 1. The molecule has 76 valence electrons. The lowest BCUT2D eigenvalue weighted by atomic mass is 10.3. The zero-order valence-corrected chi connectivity index (χ0v) is 8.92. The van der Waals surface area contributed by atoms with Gasteiger partial charge in [0.15, 0.2) is 0 Å². The maximum absolute atomic E-state index is 5.66. The molecule has 0 saturated carbocycles. The van der Waals surface area contributed by atoms with Crippen molar-refractivity contribution in [3.63, 3.8) is 0 Å². The van der Waals surface area contributed by atoms with Crippen molar-refractivity contribution in [1.29, 1.82) is 0 Å². The van der Waals surface area contributed by atoms with Gasteiger partial charge in [0.25, 0.3) is 0 Å². The van der Waals surface area contributed by atoms with Crippen LogP contribution < -0.4 is 5.73 Å². The van der Waals surface area contributed by atoms with Crippen LogP contribution >= 0.6 is 12.4 Å². The average molecular weight is 212 g/mol. The Morgan fingerprint density at radius 1 is 1.43 bits per heavy atom. The summed E-state index contributed by atoms with van der Waals surface area (Å²) in [5, 5.41) is 0. The highest BCUT2D eigenvalue weighted by molar-refractivity contribution is 5.85. The average Bonchev–Trinajstić information content (AvgIpc) is 2.49. The maximum atomic E-state index is 5.66. The van der Waals surface area contributed by atoms with Crippen LogP contribution in [0.25, 0.3) is 11.0 Å². The van der Waals surface area contributed by atoms with Crippen LogP contribution in [-0.2, 0) is 6.54 Å². The molecule has 2 aromatic rings. The molecule has 1 aromatic carbocycles. The van der Waals surface area contributed by atoms with E-state index in [9.17, 15) is 0 Å². The summed E-state index contributed by atoms with van der Waals surface area (Å²) in [5.41, 5.74) is 8.57. The minimum absolute atomic E-state index is 0. The van der Waals surface area contributed by atoms with E-state index >= 15 is 0 Å². The van der Waals surface area contributed by atoms with Crippen molar-refractivity contribution >= 4 is 29.1 Å². The number of anilines is 1. The van der Waals surface area contributed by atoms with Crippen molar-refractivity contribution in [1.82, 2.24) is 9.55 Å². The summed E-state index contributed by atoms with van der Waals surface area (Å²) in [5.74, 6) is 0. The number of nitrogens with zero attached hydrogens (tertiary/aromatic N) is 2. The lowest BCUT2D eigenvalue weighted by molar-refractivity contribution is 0.697. The monoisotopic (exact) mass is 211 g/mol. The van der Waals surface area contributed by atoms with E-state index in [1.54, 1.807) is 0 Å². The van der Waals surface area contributed by atoms with Crippen molar-refractivity contribution in [3.8, 4) is 0 Å². The first-order valence-corrected chi connectivity index (χ1v) is 4.51. The molecule has 0 fully saturated rings. The van der Waals surface area contributed by atoms with Gasteiger partial charge in [0.1, 0.15) is 0 Å². The molecule has 0 aliphatic heterocycles. The molecule has 4 heteroatoms. The van der Waals surface area contributed by atoms with Crippen molar-refractivity contribution in [3.05, 3.63) is 24.5 Å². The summed E-state index contributed by atoms with van der Waals surface area (Å²) < 4.78 is 2.15.